The largest absolute Gasteiger partial charge is 0.497 e. The number of methoxy groups -OCH3 is 2. The molecule has 0 bridgehead atoms. The van der Waals surface area contributed by atoms with Crippen LogP contribution < -0.4 is 4.74 Å². The molecule has 0 unspecified atom stereocenters. The van der Waals surface area contributed by atoms with E-state index in [1.54, 1.807) is 7.11 Å². The Kier molecular flexibility index (Phi) is 12.8. The second-order valence-electron chi connectivity index (χ2n) is 15.0. The van der Waals surface area contributed by atoms with Crippen LogP contribution in [-0.4, -0.2) is 49.9 Å². The first-order chi connectivity index (χ1) is 30.4. The summed E-state index contributed by atoms with van der Waals surface area (Å²) in [6.07, 6.45) is 4.86. The molecule has 9 nitrogen and oxygen atoms in total. The van der Waals surface area contributed by atoms with Gasteiger partial charge in [0.25, 0.3) is 0 Å². The summed E-state index contributed by atoms with van der Waals surface area (Å²) in [5, 5.41) is 14.2. The summed E-state index contributed by atoms with van der Waals surface area (Å²) in [5.74, 6) is 1.80. The van der Waals surface area contributed by atoms with Crippen molar-refractivity contribution in [1.29, 1.82) is 0 Å². The molecule has 0 aliphatic carbocycles. The van der Waals surface area contributed by atoms with Crippen LogP contribution >= 0.6 is 11.6 Å². The average molecular weight is 839 g/mol. The number of hydrogen-bond donors (Lipinski definition) is 0. The number of rotatable bonds is 16. The lowest BCUT2D eigenvalue weighted by Gasteiger charge is -2.36. The Hall–Kier alpha value is -7.10. The van der Waals surface area contributed by atoms with Crippen LogP contribution in [0.25, 0.3) is 28.6 Å². The number of benzene rings is 6. The molecule has 2 heterocycles. The number of halogens is 1. The zero-order valence-electron chi connectivity index (χ0n) is 35.0. The number of aromatic nitrogens is 6. The highest BCUT2D eigenvalue weighted by atomic mass is 35.5. The molecule has 0 fully saturated rings. The first kappa shape index (κ1) is 41.6. The van der Waals surface area contributed by atoms with E-state index in [-0.39, 0.29) is 0 Å². The van der Waals surface area contributed by atoms with Crippen molar-refractivity contribution in [2.24, 2.45) is 0 Å². The van der Waals surface area contributed by atoms with E-state index in [1.807, 2.05) is 65.4 Å². The molecule has 6 aromatic carbocycles. The molecule has 0 atom stereocenters. The molecule has 0 saturated carbocycles. The fraction of sp³-hybridized carbons (Fsp3) is 0.173. The zero-order chi connectivity index (χ0) is 42.9. The zero-order valence-corrected chi connectivity index (χ0v) is 35.7. The quantitative estimate of drug-likeness (QED) is 0.0543. The molecule has 0 N–H and O–H groups in total. The number of aryl methyl sites for hydroxylation is 1. The third kappa shape index (κ3) is 8.44. The topological polar surface area (TPSA) is 97.0 Å². The van der Waals surface area contributed by atoms with Gasteiger partial charge in [0, 0.05) is 30.5 Å². The van der Waals surface area contributed by atoms with Crippen molar-refractivity contribution in [1.82, 2.24) is 29.8 Å². The summed E-state index contributed by atoms with van der Waals surface area (Å²) < 4.78 is 14.7. The molecular formula is C52H47ClN6O3. The molecule has 10 heteroatoms. The second-order valence-corrected chi connectivity index (χ2v) is 15.4. The number of esters is 1. The highest BCUT2D eigenvalue weighted by Gasteiger charge is 2.42. The molecule has 0 radical (unpaired) electrons. The van der Waals surface area contributed by atoms with Crippen molar-refractivity contribution in [2.75, 3.05) is 14.2 Å². The van der Waals surface area contributed by atoms with Gasteiger partial charge in [-0.1, -0.05) is 177 Å². The van der Waals surface area contributed by atoms with Crippen molar-refractivity contribution in [2.45, 2.75) is 44.7 Å². The Morgan fingerprint density at radius 2 is 1.27 bits per heavy atom. The lowest BCUT2D eigenvalue weighted by molar-refractivity contribution is -0.136. The van der Waals surface area contributed by atoms with Gasteiger partial charge in [0.2, 0.25) is 0 Å². The maximum absolute atomic E-state index is 13.2. The van der Waals surface area contributed by atoms with Gasteiger partial charge in [0.15, 0.2) is 11.0 Å². The van der Waals surface area contributed by atoms with E-state index in [4.69, 9.17) is 36.4 Å². The minimum Gasteiger partial charge on any atom is -0.497 e. The van der Waals surface area contributed by atoms with Crippen LogP contribution in [0.3, 0.4) is 0 Å². The highest BCUT2D eigenvalue weighted by Crippen LogP contribution is 2.43. The van der Waals surface area contributed by atoms with Gasteiger partial charge in [0.05, 0.1) is 19.9 Å². The Balaban J connectivity index is 1.18. The van der Waals surface area contributed by atoms with E-state index in [0.29, 0.717) is 35.2 Å². The van der Waals surface area contributed by atoms with Gasteiger partial charge in [-0.25, -0.2) is 14.5 Å². The minimum atomic E-state index is -0.893. The Morgan fingerprint density at radius 1 is 0.710 bits per heavy atom. The summed E-state index contributed by atoms with van der Waals surface area (Å²) in [6, 6.07) is 55.6. The molecule has 2 aromatic heterocycles. The van der Waals surface area contributed by atoms with Crippen molar-refractivity contribution < 1.29 is 14.3 Å². The molecule has 0 amide bonds. The molecule has 0 saturated heterocycles. The van der Waals surface area contributed by atoms with Gasteiger partial charge >= 0.3 is 5.97 Å². The smallest absolute Gasteiger partial charge is 0.334 e. The predicted octanol–water partition coefficient (Wildman–Crippen LogP) is 10.9. The third-order valence-electron chi connectivity index (χ3n) is 11.2. The summed E-state index contributed by atoms with van der Waals surface area (Å²) in [5.41, 5.74) is 8.17. The Labute approximate surface area is 367 Å². The van der Waals surface area contributed by atoms with Crippen molar-refractivity contribution in [3.63, 3.8) is 0 Å². The van der Waals surface area contributed by atoms with Crippen LogP contribution in [0.2, 0.25) is 5.15 Å². The molecular weight excluding hydrogens is 792 g/mol. The van der Waals surface area contributed by atoms with Crippen molar-refractivity contribution in [3.05, 3.63) is 214 Å². The van der Waals surface area contributed by atoms with E-state index in [2.05, 4.69) is 126 Å². The van der Waals surface area contributed by atoms with Crippen LogP contribution in [0.4, 0.5) is 0 Å². The van der Waals surface area contributed by atoms with Crippen LogP contribution in [0.5, 0.6) is 5.75 Å². The number of imidazole rings is 1. The molecule has 0 aliphatic rings. The maximum atomic E-state index is 13.2. The summed E-state index contributed by atoms with van der Waals surface area (Å²) >= 11 is 6.90. The van der Waals surface area contributed by atoms with Gasteiger partial charge in [-0.15, -0.1) is 5.10 Å². The number of tetrazole rings is 1. The van der Waals surface area contributed by atoms with Gasteiger partial charge < -0.3 is 14.0 Å². The van der Waals surface area contributed by atoms with Crippen LogP contribution in [-0.2, 0) is 34.5 Å². The maximum Gasteiger partial charge on any atom is 0.334 e. The number of hydrogen-bond acceptors (Lipinski definition) is 7. The van der Waals surface area contributed by atoms with E-state index in [1.165, 1.54) is 7.11 Å². The number of ether oxygens (including phenoxy) is 2. The first-order valence-corrected chi connectivity index (χ1v) is 21.1. The molecule has 62 heavy (non-hydrogen) atoms. The molecule has 8 aromatic rings. The highest BCUT2D eigenvalue weighted by molar-refractivity contribution is 6.31. The average Bonchev–Trinajstić information content (AvgIpc) is 3.93. The van der Waals surface area contributed by atoms with Gasteiger partial charge in [0.1, 0.15) is 17.1 Å². The SMILES string of the molecule is CCCCc1nc(Cl)c(C=C(Cc2ccc(OC)cc2)C(=O)OC)n1Cc1ccc(-c2ccccc2-c2nnnn2C(c2ccccc2)(c2ccccc2)c2ccccc2)cc1. The lowest BCUT2D eigenvalue weighted by Crippen LogP contribution is -2.39. The first-order valence-electron chi connectivity index (χ1n) is 20.8. The standard InChI is InChI=1S/C52H47ClN6O3/c1-4-5-25-48-54-49(53)47(35-40(51(60)62-3)34-37-28-32-44(61-2)33-29-37)58(48)36-38-26-30-39(31-27-38)45-23-15-16-24-46(45)50-55-56-57-59(50)52(41-17-9-6-10-18-41,42-19-11-7-12-20-42)43-21-13-8-14-22-43/h6-24,26-33,35H,4-5,25,34,36H2,1-3H3. The normalized spacial score (nSPS) is 11.7. The van der Waals surface area contributed by atoms with E-state index in [9.17, 15) is 4.79 Å². The van der Waals surface area contributed by atoms with Crippen LogP contribution in [0, 0.1) is 0 Å². The van der Waals surface area contributed by atoms with Gasteiger partial charge in [-0.2, -0.15) is 0 Å². The minimum absolute atomic E-state index is 0.341. The van der Waals surface area contributed by atoms with E-state index in [0.717, 1.165) is 75.3 Å². The number of nitrogens with zero attached hydrogens (tertiary/aromatic N) is 6. The second kappa shape index (κ2) is 19.1. The van der Waals surface area contributed by atoms with Gasteiger partial charge in [-0.3, -0.25) is 0 Å². The summed E-state index contributed by atoms with van der Waals surface area (Å²) in [6.45, 7) is 2.65. The number of carbonyl (C=O) groups is 1. The van der Waals surface area contributed by atoms with Crippen molar-refractivity contribution >= 4 is 23.6 Å². The van der Waals surface area contributed by atoms with Crippen molar-refractivity contribution in [3.8, 4) is 28.3 Å². The number of carbonyl (C=O) groups excluding carboxylic acids is 1. The van der Waals surface area contributed by atoms with E-state index >= 15 is 0 Å². The van der Waals surface area contributed by atoms with E-state index < -0.39 is 11.5 Å². The Bertz CT molecular complexity index is 2670. The Morgan fingerprint density at radius 3 is 1.84 bits per heavy atom. The third-order valence-corrected chi connectivity index (χ3v) is 11.5. The molecule has 0 spiro atoms. The predicted molar refractivity (Wildman–Crippen MR) is 245 cm³/mol. The summed E-state index contributed by atoms with van der Waals surface area (Å²) in [7, 11) is 3.02. The molecule has 0 aliphatic heterocycles. The van der Waals surface area contributed by atoms with Crippen LogP contribution in [0.15, 0.2) is 169 Å². The molecule has 310 valence electrons. The number of unbranched alkanes of at least 4 members (excludes halogenated alkanes) is 1. The lowest BCUT2D eigenvalue weighted by atomic mass is 9.77. The summed E-state index contributed by atoms with van der Waals surface area (Å²) in [4.78, 5) is 18.0. The van der Waals surface area contributed by atoms with Gasteiger partial charge in [-0.05, 0) is 74.0 Å². The molecule has 8 rings (SSSR count). The monoisotopic (exact) mass is 838 g/mol. The fourth-order valence-corrected chi connectivity index (χ4v) is 8.40. The fourth-order valence-electron chi connectivity index (χ4n) is 8.15. The van der Waals surface area contributed by atoms with Crippen LogP contribution in [0.1, 0.15) is 59.1 Å².